The van der Waals surface area contributed by atoms with Crippen molar-refractivity contribution in [3.63, 3.8) is 0 Å². The predicted molar refractivity (Wildman–Crippen MR) is 67.3 cm³/mol. The first-order valence-electron chi connectivity index (χ1n) is 6.82. The van der Waals surface area contributed by atoms with Crippen molar-refractivity contribution in [3.05, 3.63) is 11.8 Å². The van der Waals surface area contributed by atoms with Crippen molar-refractivity contribution < 1.29 is 4.74 Å². The van der Waals surface area contributed by atoms with Gasteiger partial charge in [0, 0.05) is 0 Å². The molecule has 0 radical (unpaired) electrons. The third-order valence-corrected chi connectivity index (χ3v) is 4.10. The van der Waals surface area contributed by atoms with Gasteiger partial charge in [-0.3, -0.25) is 0 Å². The summed E-state index contributed by atoms with van der Waals surface area (Å²) in [5.41, 5.74) is 0.416. The van der Waals surface area contributed by atoms with Crippen LogP contribution >= 0.6 is 0 Å². The first-order valence-corrected chi connectivity index (χ1v) is 6.82. The quantitative estimate of drug-likeness (QED) is 0.790. The zero-order chi connectivity index (χ0) is 11.4. The molecule has 92 valence electrons. The second-order valence-corrected chi connectivity index (χ2v) is 5.45. The fourth-order valence-corrected chi connectivity index (χ4v) is 3.14. The van der Waals surface area contributed by atoms with Crippen LogP contribution in [0, 0.1) is 5.41 Å². The lowest BCUT2D eigenvalue weighted by molar-refractivity contribution is 0.120. The lowest BCUT2D eigenvalue weighted by Crippen LogP contribution is -2.44. The number of rotatable bonds is 4. The summed E-state index contributed by atoms with van der Waals surface area (Å²) in [6.45, 7) is 6.55. The van der Waals surface area contributed by atoms with E-state index >= 15 is 0 Å². The van der Waals surface area contributed by atoms with E-state index in [1.54, 1.807) is 0 Å². The average Bonchev–Trinajstić information content (AvgIpc) is 2.75. The van der Waals surface area contributed by atoms with E-state index in [4.69, 9.17) is 4.74 Å². The average molecular weight is 223 g/mol. The lowest BCUT2D eigenvalue weighted by atomic mass is 9.79. The molecule has 1 fully saturated rings. The minimum absolute atomic E-state index is 0.416. The van der Waals surface area contributed by atoms with Gasteiger partial charge < -0.3 is 10.1 Å². The Morgan fingerprint density at radius 3 is 2.69 bits per heavy atom. The Morgan fingerprint density at radius 2 is 2.12 bits per heavy atom. The summed E-state index contributed by atoms with van der Waals surface area (Å²) in [7, 11) is 0. The molecule has 0 aromatic carbocycles. The maximum absolute atomic E-state index is 5.87. The monoisotopic (exact) mass is 223 g/mol. The number of likely N-dealkylation sites (N-methyl/N-ethyl adjacent to an activating group) is 1. The number of nitrogens with one attached hydrogen (secondary N) is 1. The number of hydrogen-bond donors (Lipinski definition) is 1. The molecule has 1 N–H and O–H groups in total. The van der Waals surface area contributed by atoms with Crippen molar-refractivity contribution in [2.45, 2.75) is 58.4 Å². The van der Waals surface area contributed by atoms with Crippen molar-refractivity contribution in [1.82, 2.24) is 5.32 Å². The van der Waals surface area contributed by atoms with Crippen molar-refractivity contribution in [1.29, 1.82) is 0 Å². The molecule has 1 aliphatic carbocycles. The van der Waals surface area contributed by atoms with Crippen molar-refractivity contribution in [2.24, 2.45) is 5.41 Å². The molecule has 1 heterocycles. The summed E-state index contributed by atoms with van der Waals surface area (Å²) < 4.78 is 5.87. The molecule has 0 spiro atoms. The number of ether oxygens (including phenoxy) is 1. The Hall–Kier alpha value is -0.500. The maximum Gasteiger partial charge on any atom is 0.109 e. The van der Waals surface area contributed by atoms with Gasteiger partial charge in [0.05, 0.1) is 12.6 Å². The summed E-state index contributed by atoms with van der Waals surface area (Å²) in [5, 5.41) is 3.64. The SMILES string of the molecule is CCNC(C1=CCCCO1)C1(C)CCCC1. The minimum Gasteiger partial charge on any atom is -0.497 e. The highest BCUT2D eigenvalue weighted by Crippen LogP contribution is 2.43. The van der Waals surface area contributed by atoms with Gasteiger partial charge >= 0.3 is 0 Å². The smallest absolute Gasteiger partial charge is 0.109 e. The van der Waals surface area contributed by atoms with Crippen molar-refractivity contribution in [2.75, 3.05) is 13.2 Å². The molecule has 2 heteroatoms. The first kappa shape index (κ1) is 12.0. The Bertz CT molecular complexity index is 253. The Morgan fingerprint density at radius 1 is 1.38 bits per heavy atom. The second-order valence-electron chi connectivity index (χ2n) is 5.45. The van der Waals surface area contributed by atoms with Gasteiger partial charge in [0.2, 0.25) is 0 Å². The van der Waals surface area contributed by atoms with Gasteiger partial charge in [-0.25, -0.2) is 0 Å². The van der Waals surface area contributed by atoms with Gasteiger partial charge in [-0.2, -0.15) is 0 Å². The van der Waals surface area contributed by atoms with E-state index in [0.717, 1.165) is 13.2 Å². The van der Waals surface area contributed by atoms with Crippen molar-refractivity contribution >= 4 is 0 Å². The molecule has 1 saturated carbocycles. The van der Waals surface area contributed by atoms with Crippen LogP contribution in [0.1, 0.15) is 52.4 Å². The zero-order valence-electron chi connectivity index (χ0n) is 10.7. The third kappa shape index (κ3) is 2.42. The van der Waals surface area contributed by atoms with Crippen LogP contribution in [0.5, 0.6) is 0 Å². The Labute approximate surface area is 99.4 Å². The van der Waals surface area contributed by atoms with Crippen LogP contribution in [0.15, 0.2) is 11.8 Å². The standard InChI is InChI=1S/C14H25NO/c1-3-15-13(12-8-4-7-11-16-12)14(2)9-5-6-10-14/h8,13,15H,3-7,9-11H2,1-2H3. The highest BCUT2D eigenvalue weighted by atomic mass is 16.5. The number of hydrogen-bond acceptors (Lipinski definition) is 2. The van der Waals surface area contributed by atoms with Gasteiger partial charge in [-0.15, -0.1) is 0 Å². The molecule has 0 aromatic rings. The van der Waals surface area contributed by atoms with Crippen LogP contribution < -0.4 is 5.32 Å². The number of allylic oxidation sites excluding steroid dienone is 1. The molecule has 0 aromatic heterocycles. The van der Waals surface area contributed by atoms with Crippen LogP contribution in [-0.2, 0) is 4.74 Å². The molecule has 0 saturated heterocycles. The molecule has 1 aliphatic heterocycles. The molecule has 2 rings (SSSR count). The second kappa shape index (κ2) is 5.22. The van der Waals surface area contributed by atoms with E-state index < -0.39 is 0 Å². The molecule has 2 nitrogen and oxygen atoms in total. The summed E-state index contributed by atoms with van der Waals surface area (Å²) in [5.74, 6) is 1.22. The minimum atomic E-state index is 0.416. The van der Waals surface area contributed by atoms with Crippen molar-refractivity contribution in [3.8, 4) is 0 Å². The van der Waals surface area contributed by atoms with Gasteiger partial charge in [-0.1, -0.05) is 26.7 Å². The van der Waals surface area contributed by atoms with E-state index in [-0.39, 0.29) is 0 Å². The van der Waals surface area contributed by atoms with Crippen LogP contribution in [0.25, 0.3) is 0 Å². The van der Waals surface area contributed by atoms with Gasteiger partial charge in [0.1, 0.15) is 5.76 Å². The summed E-state index contributed by atoms with van der Waals surface area (Å²) in [6.07, 6.45) is 10.1. The highest BCUT2D eigenvalue weighted by molar-refractivity contribution is 5.12. The van der Waals surface area contributed by atoms with Crippen LogP contribution in [0.4, 0.5) is 0 Å². The van der Waals surface area contributed by atoms with Gasteiger partial charge in [0.25, 0.3) is 0 Å². The third-order valence-electron chi connectivity index (χ3n) is 4.10. The van der Waals surface area contributed by atoms with E-state index in [0.29, 0.717) is 11.5 Å². The summed E-state index contributed by atoms with van der Waals surface area (Å²) >= 11 is 0. The van der Waals surface area contributed by atoms with E-state index in [1.165, 1.54) is 44.3 Å². The Balaban J connectivity index is 2.12. The summed E-state index contributed by atoms with van der Waals surface area (Å²) in [4.78, 5) is 0. The van der Waals surface area contributed by atoms with Gasteiger partial charge in [0.15, 0.2) is 0 Å². The largest absolute Gasteiger partial charge is 0.497 e. The molecular formula is C14H25NO. The highest BCUT2D eigenvalue weighted by Gasteiger charge is 2.39. The fraction of sp³-hybridized carbons (Fsp3) is 0.857. The van der Waals surface area contributed by atoms with Crippen LogP contribution in [-0.4, -0.2) is 19.2 Å². The molecule has 16 heavy (non-hydrogen) atoms. The van der Waals surface area contributed by atoms with Gasteiger partial charge in [-0.05, 0) is 43.7 Å². The lowest BCUT2D eigenvalue weighted by Gasteiger charge is -2.37. The van der Waals surface area contributed by atoms with E-state index in [9.17, 15) is 0 Å². The van der Waals surface area contributed by atoms with E-state index in [1.807, 2.05) is 0 Å². The molecule has 1 atom stereocenters. The van der Waals surface area contributed by atoms with Crippen LogP contribution in [0.2, 0.25) is 0 Å². The zero-order valence-corrected chi connectivity index (χ0v) is 10.7. The maximum atomic E-state index is 5.87. The molecule has 2 aliphatic rings. The summed E-state index contributed by atoms with van der Waals surface area (Å²) in [6, 6.07) is 0.445. The normalized spacial score (nSPS) is 26.0. The predicted octanol–water partition coefficient (Wildman–Crippen LogP) is 3.24. The van der Waals surface area contributed by atoms with Crippen LogP contribution in [0.3, 0.4) is 0 Å². The molecule has 0 bridgehead atoms. The molecule has 1 unspecified atom stereocenters. The van der Waals surface area contributed by atoms with E-state index in [2.05, 4.69) is 25.2 Å². The molecular weight excluding hydrogens is 198 g/mol. The Kier molecular flexibility index (Phi) is 3.91. The fourth-order valence-electron chi connectivity index (χ4n) is 3.14. The molecule has 0 amide bonds. The first-order chi connectivity index (χ1) is 7.76. The topological polar surface area (TPSA) is 21.3 Å².